The van der Waals surface area contributed by atoms with Crippen molar-refractivity contribution in [3.63, 3.8) is 0 Å². The summed E-state index contributed by atoms with van der Waals surface area (Å²) in [5.74, 6) is -0.671. The van der Waals surface area contributed by atoms with E-state index >= 15 is 8.78 Å². The summed E-state index contributed by atoms with van der Waals surface area (Å²) in [7, 11) is 0. The number of fused-ring (bicyclic) bond motifs is 3. The number of hydrogen-bond donors (Lipinski definition) is 1. The van der Waals surface area contributed by atoms with Crippen molar-refractivity contribution in [2.75, 3.05) is 50.0 Å². The number of carbonyl (C=O) groups excluding carboxylic acids is 1. The van der Waals surface area contributed by atoms with Crippen molar-refractivity contribution < 1.29 is 27.1 Å². The first-order valence-electron chi connectivity index (χ1n) is 17.9. The van der Waals surface area contributed by atoms with Crippen LogP contribution in [0.15, 0.2) is 36.2 Å². The zero-order valence-electron chi connectivity index (χ0n) is 29.5. The van der Waals surface area contributed by atoms with Crippen LogP contribution in [0.1, 0.15) is 49.9 Å². The van der Waals surface area contributed by atoms with E-state index in [0.717, 1.165) is 30.6 Å². The van der Waals surface area contributed by atoms with Gasteiger partial charge in [0, 0.05) is 48.1 Å². The lowest BCUT2D eigenvalue weighted by atomic mass is 9.94. The predicted molar refractivity (Wildman–Crippen MR) is 198 cm³/mol. The Hall–Kier alpha value is -5.05. The molecule has 0 unspecified atom stereocenters. The number of thiophene rings is 1. The number of benzene rings is 2. The van der Waals surface area contributed by atoms with E-state index in [4.69, 9.17) is 27.1 Å². The third kappa shape index (κ3) is 5.59. The molecule has 55 heavy (non-hydrogen) atoms. The highest BCUT2D eigenvalue weighted by atomic mass is 35.5. The highest BCUT2D eigenvalue weighted by Gasteiger charge is 2.50. The number of carbonyl (C=O) groups is 1. The molecule has 4 aliphatic rings. The Balaban J connectivity index is 1.16. The van der Waals surface area contributed by atoms with E-state index in [9.17, 15) is 18.8 Å². The molecular weight excluding hydrogens is 760 g/mol. The molecule has 2 N–H and O–H groups in total. The number of hydrogen-bond acceptors (Lipinski definition) is 11. The van der Waals surface area contributed by atoms with Crippen molar-refractivity contribution in [3.05, 3.63) is 64.2 Å². The molecule has 5 aromatic rings. The Morgan fingerprint density at radius 3 is 2.73 bits per heavy atom. The number of nitrogen functional groups attached to an aromatic ring is 1. The quantitative estimate of drug-likeness (QED) is 0.181. The Kier molecular flexibility index (Phi) is 8.44. The van der Waals surface area contributed by atoms with Gasteiger partial charge in [0.1, 0.15) is 47.0 Å². The Bertz CT molecular complexity index is 2520. The molecule has 7 heterocycles. The molecule has 284 valence electrons. The van der Waals surface area contributed by atoms with Crippen LogP contribution in [0.3, 0.4) is 0 Å². The van der Waals surface area contributed by atoms with Gasteiger partial charge in [0.05, 0.1) is 26.4 Å². The van der Waals surface area contributed by atoms with E-state index in [1.165, 1.54) is 23.1 Å². The lowest BCUT2D eigenvalue weighted by molar-refractivity contribution is 0.108. The Labute approximate surface area is 320 Å². The lowest BCUT2D eigenvalue weighted by Gasteiger charge is -2.35. The fraction of sp³-hybridized carbons (Fsp3) is 0.405. The van der Waals surface area contributed by atoms with E-state index in [2.05, 4.69) is 15.1 Å². The van der Waals surface area contributed by atoms with E-state index in [1.54, 1.807) is 13.0 Å². The number of nitrogens with two attached hydrogens (primary N) is 1. The molecule has 12 nitrogen and oxygen atoms in total. The van der Waals surface area contributed by atoms with Crippen molar-refractivity contribution in [1.82, 2.24) is 34.5 Å². The second-order valence-corrected chi connectivity index (χ2v) is 16.2. The van der Waals surface area contributed by atoms with Gasteiger partial charge in [-0.15, -0.1) is 16.4 Å². The van der Waals surface area contributed by atoms with Crippen LogP contribution in [0.4, 0.5) is 33.2 Å². The molecule has 9 rings (SSSR count). The summed E-state index contributed by atoms with van der Waals surface area (Å²) in [6, 6.07) is 5.64. The summed E-state index contributed by atoms with van der Waals surface area (Å²) in [5, 5.41) is 14.6. The van der Waals surface area contributed by atoms with Crippen molar-refractivity contribution in [2.45, 2.75) is 56.5 Å². The lowest BCUT2D eigenvalue weighted by Crippen LogP contribution is -2.50. The Morgan fingerprint density at radius 2 is 1.96 bits per heavy atom. The standard InChI is InChI=1S/C37H33ClF4N10O2S/c1-19-45-18-52(48-19)35(53)51-10-3-6-36(51)8-11-49(16-36)33-22-12-24(38)27(21-4-5-25(39)30-26(21)23(14-43)32(44)55-30)28(40)29(22)46-34(47-33)54-17-37-7-2-9-50(37)15-20(13-37)31(41)42/h4-5,12,18H,2-3,6-11,13,15-17,44H2,1H3/t36-,37-/m0/s1. The van der Waals surface area contributed by atoms with Crippen molar-refractivity contribution >= 4 is 60.8 Å². The third-order valence-electron chi connectivity index (χ3n) is 11.7. The van der Waals surface area contributed by atoms with E-state index in [-0.39, 0.29) is 84.9 Å². The van der Waals surface area contributed by atoms with Crippen LogP contribution in [-0.4, -0.2) is 91.0 Å². The normalized spacial score (nSPS) is 22.5. The first-order chi connectivity index (χ1) is 26.4. The number of halogens is 5. The SMILES string of the molecule is Cc1ncn(C(=O)N2CCC[C@@]23CCN(c2nc(OC[C@@]45CCCN4CC(=C(F)F)C5)nc4c(F)c(-c5ccc(F)c6sc(N)c(C#N)c56)c(Cl)cc24)C3)n1. The molecule has 4 aliphatic heterocycles. The number of anilines is 2. The molecule has 2 aromatic carbocycles. The smallest absolute Gasteiger partial charge is 0.346 e. The summed E-state index contributed by atoms with van der Waals surface area (Å²) < 4.78 is 67.4. The minimum Gasteiger partial charge on any atom is -0.461 e. The van der Waals surface area contributed by atoms with Gasteiger partial charge in [-0.2, -0.15) is 28.7 Å². The number of aryl methyl sites for hydroxylation is 1. The number of likely N-dealkylation sites (tertiary alicyclic amines) is 1. The van der Waals surface area contributed by atoms with Gasteiger partial charge in [-0.1, -0.05) is 17.7 Å². The van der Waals surface area contributed by atoms with Gasteiger partial charge in [0.15, 0.2) is 5.82 Å². The van der Waals surface area contributed by atoms with Gasteiger partial charge in [0.25, 0.3) is 6.08 Å². The van der Waals surface area contributed by atoms with Crippen LogP contribution in [-0.2, 0) is 0 Å². The maximum absolute atomic E-state index is 17.3. The number of ether oxygens (including phenoxy) is 1. The van der Waals surface area contributed by atoms with Gasteiger partial charge in [0.2, 0.25) is 0 Å². The minimum absolute atomic E-state index is 0.00136. The van der Waals surface area contributed by atoms with E-state index in [1.807, 2.05) is 20.8 Å². The van der Waals surface area contributed by atoms with Gasteiger partial charge in [-0.25, -0.2) is 18.6 Å². The molecule has 0 bridgehead atoms. The summed E-state index contributed by atoms with van der Waals surface area (Å²) in [5.41, 5.74) is 4.83. The average Bonchev–Trinajstić information content (AvgIpc) is 4.01. The van der Waals surface area contributed by atoms with Crippen LogP contribution in [0, 0.1) is 29.9 Å². The molecule has 18 heteroatoms. The number of aromatic nitrogens is 5. The largest absolute Gasteiger partial charge is 0.461 e. The fourth-order valence-corrected chi connectivity index (χ4v) is 10.4. The van der Waals surface area contributed by atoms with Gasteiger partial charge >= 0.3 is 12.0 Å². The van der Waals surface area contributed by atoms with Crippen LogP contribution in [0.25, 0.3) is 32.1 Å². The number of rotatable bonds is 5. The van der Waals surface area contributed by atoms with Crippen LogP contribution < -0.4 is 15.4 Å². The van der Waals surface area contributed by atoms with Crippen LogP contribution in [0.2, 0.25) is 5.02 Å². The molecular formula is C37H33ClF4N10O2S. The predicted octanol–water partition coefficient (Wildman–Crippen LogP) is 7.28. The zero-order chi connectivity index (χ0) is 38.4. The van der Waals surface area contributed by atoms with Crippen molar-refractivity contribution in [2.24, 2.45) is 0 Å². The maximum atomic E-state index is 17.3. The molecule has 4 fully saturated rings. The summed E-state index contributed by atoms with van der Waals surface area (Å²) in [4.78, 5) is 32.9. The highest BCUT2D eigenvalue weighted by Crippen LogP contribution is 2.48. The topological polar surface area (TPSA) is 142 Å². The summed E-state index contributed by atoms with van der Waals surface area (Å²) in [6.45, 7) is 3.83. The second-order valence-electron chi connectivity index (χ2n) is 14.8. The molecule has 3 aromatic heterocycles. The van der Waals surface area contributed by atoms with Crippen molar-refractivity contribution in [3.8, 4) is 23.2 Å². The monoisotopic (exact) mass is 792 g/mol. The van der Waals surface area contributed by atoms with Crippen LogP contribution >= 0.6 is 22.9 Å². The van der Waals surface area contributed by atoms with E-state index in [0.29, 0.717) is 50.7 Å². The fourth-order valence-electron chi connectivity index (χ4n) is 9.15. The molecule has 0 saturated carbocycles. The first kappa shape index (κ1) is 35.6. The van der Waals surface area contributed by atoms with Gasteiger partial charge in [-0.05, 0) is 69.7 Å². The van der Waals surface area contributed by atoms with Crippen LogP contribution in [0.5, 0.6) is 6.01 Å². The zero-order valence-corrected chi connectivity index (χ0v) is 31.1. The first-order valence-corrected chi connectivity index (χ1v) is 19.1. The number of nitriles is 1. The summed E-state index contributed by atoms with van der Waals surface area (Å²) in [6.07, 6.45) is 3.38. The average molecular weight is 793 g/mol. The van der Waals surface area contributed by atoms with E-state index < -0.39 is 28.8 Å². The van der Waals surface area contributed by atoms with Crippen molar-refractivity contribution in [1.29, 1.82) is 5.26 Å². The second kappa shape index (κ2) is 13.0. The maximum Gasteiger partial charge on any atom is 0.346 e. The molecule has 1 amide bonds. The minimum atomic E-state index is -1.69. The van der Waals surface area contributed by atoms with Gasteiger partial charge < -0.3 is 20.3 Å². The molecule has 0 aliphatic carbocycles. The number of amides is 1. The molecule has 1 spiro atoms. The molecule has 2 atom stereocenters. The number of nitrogens with zero attached hydrogens (tertiary/aromatic N) is 9. The highest BCUT2D eigenvalue weighted by molar-refractivity contribution is 7.23. The Morgan fingerprint density at radius 1 is 1.15 bits per heavy atom. The molecule has 4 saturated heterocycles. The van der Waals surface area contributed by atoms with Gasteiger partial charge in [-0.3, -0.25) is 4.90 Å². The molecule has 0 radical (unpaired) electrons. The third-order valence-corrected chi connectivity index (χ3v) is 13.0. The summed E-state index contributed by atoms with van der Waals surface area (Å²) >= 11 is 7.80.